The Hall–Kier alpha value is -2.90. The molecule has 0 aliphatic heterocycles. The molecule has 0 aliphatic carbocycles. The Balaban J connectivity index is 1.76. The zero-order valence-electron chi connectivity index (χ0n) is 11.5. The number of ether oxygens (including phenoxy) is 1. The minimum absolute atomic E-state index is 0.0703. The van der Waals surface area contributed by atoms with Crippen LogP contribution in [0.2, 0.25) is 0 Å². The highest BCUT2D eigenvalue weighted by atomic mass is 19.1. The molecule has 6 nitrogen and oxygen atoms in total. The van der Waals surface area contributed by atoms with E-state index in [0.717, 1.165) is 6.07 Å². The molecule has 0 bridgehead atoms. The molecule has 3 rings (SSSR count). The molecule has 112 valence electrons. The second-order valence-electron chi connectivity index (χ2n) is 4.40. The molecule has 0 amide bonds. The van der Waals surface area contributed by atoms with Crippen molar-refractivity contribution in [3.05, 3.63) is 53.8 Å². The maximum absolute atomic E-state index is 13.8. The summed E-state index contributed by atoms with van der Waals surface area (Å²) in [5, 5.41) is 3.71. The quantitative estimate of drug-likeness (QED) is 0.738. The average molecular weight is 304 g/mol. The summed E-state index contributed by atoms with van der Waals surface area (Å²) in [6.07, 6.45) is 4.46. The van der Waals surface area contributed by atoms with Crippen molar-refractivity contribution in [2.24, 2.45) is 0 Å². The molecule has 0 atom stereocenters. The fourth-order valence-corrected chi connectivity index (χ4v) is 1.73. The van der Waals surface area contributed by atoms with Crippen LogP contribution in [-0.2, 0) is 6.61 Å². The van der Waals surface area contributed by atoms with E-state index in [1.54, 1.807) is 0 Å². The first kappa shape index (κ1) is 14.1. The van der Waals surface area contributed by atoms with Crippen molar-refractivity contribution < 1.29 is 18.0 Å². The van der Waals surface area contributed by atoms with E-state index in [9.17, 15) is 8.78 Å². The summed E-state index contributed by atoms with van der Waals surface area (Å²) < 4.78 is 37.4. The normalized spacial score (nSPS) is 10.7. The summed E-state index contributed by atoms with van der Waals surface area (Å²) >= 11 is 0. The van der Waals surface area contributed by atoms with Crippen molar-refractivity contribution in [3.63, 3.8) is 0 Å². The molecule has 0 N–H and O–H groups in total. The largest absolute Gasteiger partial charge is 0.478 e. The summed E-state index contributed by atoms with van der Waals surface area (Å²) in [5.41, 5.74) is 0.701. The summed E-state index contributed by atoms with van der Waals surface area (Å²) in [4.78, 5) is 11.9. The van der Waals surface area contributed by atoms with Crippen molar-refractivity contribution in [2.75, 3.05) is 0 Å². The van der Waals surface area contributed by atoms with Gasteiger partial charge in [0.25, 0.3) is 5.89 Å². The van der Waals surface area contributed by atoms with E-state index in [-0.39, 0.29) is 23.9 Å². The second-order valence-corrected chi connectivity index (χ2v) is 4.40. The number of benzene rings is 1. The SMILES string of the molecule is Cc1ccc(F)c(OCc2nc(-c3cnccn3)no2)c1F. The lowest BCUT2D eigenvalue weighted by atomic mass is 10.2. The Morgan fingerprint density at radius 2 is 2.09 bits per heavy atom. The highest BCUT2D eigenvalue weighted by Crippen LogP contribution is 2.25. The van der Waals surface area contributed by atoms with E-state index in [1.807, 2.05) is 0 Å². The minimum atomic E-state index is -0.795. The first-order chi connectivity index (χ1) is 10.6. The lowest BCUT2D eigenvalue weighted by molar-refractivity contribution is 0.224. The lowest BCUT2D eigenvalue weighted by Gasteiger charge is -2.07. The van der Waals surface area contributed by atoms with Gasteiger partial charge in [-0.25, -0.2) is 13.8 Å². The number of hydrogen-bond donors (Lipinski definition) is 0. The van der Waals surface area contributed by atoms with E-state index < -0.39 is 17.4 Å². The van der Waals surface area contributed by atoms with Gasteiger partial charge in [-0.1, -0.05) is 11.2 Å². The van der Waals surface area contributed by atoms with Crippen LogP contribution >= 0.6 is 0 Å². The molecule has 2 aromatic heterocycles. The fourth-order valence-electron chi connectivity index (χ4n) is 1.73. The van der Waals surface area contributed by atoms with Gasteiger partial charge in [0.1, 0.15) is 5.69 Å². The topological polar surface area (TPSA) is 73.9 Å². The Kier molecular flexibility index (Phi) is 3.73. The standard InChI is InChI=1S/C14H10F2N4O2/c1-8-2-3-9(15)13(12(8)16)21-7-11-19-14(20-22-11)10-6-17-4-5-18-10/h2-6H,7H2,1H3. The molecular formula is C14H10F2N4O2. The Morgan fingerprint density at radius 1 is 1.23 bits per heavy atom. The van der Waals surface area contributed by atoms with E-state index >= 15 is 0 Å². The fraction of sp³-hybridized carbons (Fsp3) is 0.143. The molecule has 0 spiro atoms. The summed E-state index contributed by atoms with van der Waals surface area (Å²) in [7, 11) is 0. The van der Waals surface area contributed by atoms with Crippen molar-refractivity contribution in [3.8, 4) is 17.3 Å². The predicted octanol–water partition coefficient (Wildman–Crippen LogP) is 2.69. The highest BCUT2D eigenvalue weighted by Gasteiger charge is 2.15. The number of aryl methyl sites for hydroxylation is 1. The van der Waals surface area contributed by atoms with Gasteiger partial charge in [-0.15, -0.1) is 0 Å². The van der Waals surface area contributed by atoms with Crippen LogP contribution < -0.4 is 4.74 Å². The van der Waals surface area contributed by atoms with Gasteiger partial charge >= 0.3 is 0 Å². The van der Waals surface area contributed by atoms with Gasteiger partial charge in [0.15, 0.2) is 24.0 Å². The number of nitrogens with zero attached hydrogens (tertiary/aromatic N) is 4. The Labute approximate surface area is 123 Å². The zero-order chi connectivity index (χ0) is 15.5. The third-order valence-electron chi connectivity index (χ3n) is 2.84. The van der Waals surface area contributed by atoms with Crippen molar-refractivity contribution in [1.82, 2.24) is 20.1 Å². The van der Waals surface area contributed by atoms with Crippen LogP contribution in [0.4, 0.5) is 8.78 Å². The van der Waals surface area contributed by atoms with Crippen LogP contribution in [0.25, 0.3) is 11.5 Å². The number of rotatable bonds is 4. The highest BCUT2D eigenvalue weighted by molar-refractivity contribution is 5.45. The Bertz CT molecular complexity index is 793. The van der Waals surface area contributed by atoms with Gasteiger partial charge in [-0.2, -0.15) is 4.98 Å². The molecule has 3 aromatic rings. The van der Waals surface area contributed by atoms with Crippen LogP contribution in [0.5, 0.6) is 5.75 Å². The first-order valence-electron chi connectivity index (χ1n) is 6.31. The molecule has 22 heavy (non-hydrogen) atoms. The van der Waals surface area contributed by atoms with Crippen LogP contribution in [-0.4, -0.2) is 20.1 Å². The van der Waals surface area contributed by atoms with Crippen LogP contribution in [0, 0.1) is 18.6 Å². The summed E-state index contributed by atoms with van der Waals surface area (Å²) in [5.74, 6) is -1.73. The molecule has 0 aliphatic rings. The molecular weight excluding hydrogens is 294 g/mol. The maximum atomic E-state index is 13.8. The van der Waals surface area contributed by atoms with Gasteiger partial charge in [0.2, 0.25) is 5.82 Å². The first-order valence-corrected chi connectivity index (χ1v) is 6.31. The van der Waals surface area contributed by atoms with Crippen molar-refractivity contribution >= 4 is 0 Å². The molecule has 2 heterocycles. The second kappa shape index (κ2) is 5.84. The third-order valence-corrected chi connectivity index (χ3v) is 2.84. The number of aromatic nitrogens is 4. The van der Waals surface area contributed by atoms with Gasteiger partial charge in [-0.3, -0.25) is 4.98 Å². The minimum Gasteiger partial charge on any atom is -0.478 e. The van der Waals surface area contributed by atoms with Gasteiger partial charge in [0.05, 0.1) is 6.20 Å². The zero-order valence-corrected chi connectivity index (χ0v) is 11.5. The molecule has 1 aromatic carbocycles. The van der Waals surface area contributed by atoms with Gasteiger partial charge in [-0.05, 0) is 18.6 Å². The van der Waals surface area contributed by atoms with E-state index in [0.29, 0.717) is 5.69 Å². The molecule has 0 fully saturated rings. The molecule has 0 saturated carbocycles. The van der Waals surface area contributed by atoms with Crippen LogP contribution in [0.15, 0.2) is 35.2 Å². The maximum Gasteiger partial charge on any atom is 0.264 e. The molecule has 0 radical (unpaired) electrons. The molecule has 0 unspecified atom stereocenters. The Morgan fingerprint density at radius 3 is 2.86 bits per heavy atom. The van der Waals surface area contributed by atoms with Crippen molar-refractivity contribution in [2.45, 2.75) is 13.5 Å². The van der Waals surface area contributed by atoms with E-state index in [2.05, 4.69) is 20.1 Å². The van der Waals surface area contributed by atoms with E-state index in [4.69, 9.17) is 9.26 Å². The van der Waals surface area contributed by atoms with E-state index in [1.165, 1.54) is 31.6 Å². The van der Waals surface area contributed by atoms with Crippen LogP contribution in [0.3, 0.4) is 0 Å². The number of halogens is 2. The van der Waals surface area contributed by atoms with Crippen molar-refractivity contribution in [1.29, 1.82) is 0 Å². The monoisotopic (exact) mass is 304 g/mol. The number of hydrogen-bond acceptors (Lipinski definition) is 6. The average Bonchev–Trinajstić information content (AvgIpc) is 3.01. The summed E-state index contributed by atoms with van der Waals surface area (Å²) in [6.45, 7) is 1.26. The third kappa shape index (κ3) is 2.76. The lowest BCUT2D eigenvalue weighted by Crippen LogP contribution is -2.01. The van der Waals surface area contributed by atoms with Crippen LogP contribution in [0.1, 0.15) is 11.5 Å². The van der Waals surface area contributed by atoms with Gasteiger partial charge in [0, 0.05) is 12.4 Å². The molecule has 0 saturated heterocycles. The predicted molar refractivity (Wildman–Crippen MR) is 70.8 cm³/mol. The summed E-state index contributed by atoms with van der Waals surface area (Å²) in [6, 6.07) is 2.46. The molecule has 8 heteroatoms. The van der Waals surface area contributed by atoms with Gasteiger partial charge < -0.3 is 9.26 Å². The smallest absolute Gasteiger partial charge is 0.264 e.